The molecule has 0 aromatic heterocycles. The van der Waals surface area contributed by atoms with Crippen LogP contribution in [0.5, 0.6) is 0 Å². The number of nitrogens with two attached hydrogens (primary N) is 1. The average molecular weight is 251 g/mol. The molecule has 0 fully saturated rings. The summed E-state index contributed by atoms with van der Waals surface area (Å²) in [5, 5.41) is 9.36. The van der Waals surface area contributed by atoms with Gasteiger partial charge < -0.3 is 10.8 Å². The molecule has 0 saturated carbocycles. The first kappa shape index (κ1) is 9.99. The van der Waals surface area contributed by atoms with Gasteiger partial charge in [-0.3, -0.25) is 0 Å². The van der Waals surface area contributed by atoms with Crippen LogP contribution in [0.1, 0.15) is 11.6 Å². The van der Waals surface area contributed by atoms with Gasteiger partial charge in [0.2, 0.25) is 0 Å². The van der Waals surface area contributed by atoms with E-state index in [1.54, 1.807) is 12.1 Å². The minimum absolute atomic E-state index is 0.0959. The van der Waals surface area contributed by atoms with Gasteiger partial charge in [0.25, 0.3) is 0 Å². The fourth-order valence-electron chi connectivity index (χ4n) is 0.901. The Hall–Kier alpha value is -0.0900. The highest BCUT2D eigenvalue weighted by Crippen LogP contribution is 2.24. The molecule has 0 aliphatic carbocycles. The minimum atomic E-state index is -0.398. The van der Waals surface area contributed by atoms with Crippen LogP contribution in [0.15, 0.2) is 22.7 Å². The van der Waals surface area contributed by atoms with E-state index in [1.807, 2.05) is 6.07 Å². The van der Waals surface area contributed by atoms with Crippen LogP contribution in [0.25, 0.3) is 0 Å². The van der Waals surface area contributed by atoms with Crippen LogP contribution < -0.4 is 5.73 Å². The van der Waals surface area contributed by atoms with E-state index in [1.165, 1.54) is 0 Å². The normalized spacial score (nSPS) is 13.0. The Labute approximate surface area is 84.5 Å². The molecule has 0 heterocycles. The summed E-state index contributed by atoms with van der Waals surface area (Å²) in [6.07, 6.45) is 0. The van der Waals surface area contributed by atoms with Crippen molar-refractivity contribution >= 4 is 27.5 Å². The molecule has 3 N–H and O–H groups in total. The third kappa shape index (κ3) is 2.20. The van der Waals surface area contributed by atoms with E-state index in [9.17, 15) is 0 Å². The van der Waals surface area contributed by atoms with Gasteiger partial charge >= 0.3 is 0 Å². The first-order chi connectivity index (χ1) is 5.65. The van der Waals surface area contributed by atoms with Crippen molar-refractivity contribution in [1.29, 1.82) is 0 Å². The van der Waals surface area contributed by atoms with Crippen molar-refractivity contribution in [2.75, 3.05) is 6.61 Å². The van der Waals surface area contributed by atoms with Crippen molar-refractivity contribution in [3.63, 3.8) is 0 Å². The summed E-state index contributed by atoms with van der Waals surface area (Å²) in [6, 6.07) is 5.00. The van der Waals surface area contributed by atoms with Crippen LogP contribution in [0.3, 0.4) is 0 Å². The molecule has 4 heteroatoms. The number of benzene rings is 1. The lowest BCUT2D eigenvalue weighted by atomic mass is 10.1. The van der Waals surface area contributed by atoms with Gasteiger partial charge in [-0.15, -0.1) is 0 Å². The highest BCUT2D eigenvalue weighted by atomic mass is 79.9. The Morgan fingerprint density at radius 3 is 2.75 bits per heavy atom. The number of aliphatic hydroxyl groups excluding tert-OH is 1. The summed E-state index contributed by atoms with van der Waals surface area (Å²) in [4.78, 5) is 0. The van der Waals surface area contributed by atoms with Crippen LogP contribution >= 0.6 is 27.5 Å². The maximum Gasteiger partial charge on any atom is 0.0624 e. The molecule has 0 aliphatic heterocycles. The molecule has 0 bridgehead atoms. The molecular formula is C8H9BrClNO. The Bertz CT molecular complexity index is 280. The molecule has 12 heavy (non-hydrogen) atoms. The zero-order chi connectivity index (χ0) is 9.14. The zero-order valence-corrected chi connectivity index (χ0v) is 8.64. The number of aliphatic hydroxyl groups is 1. The molecule has 1 aromatic rings. The lowest BCUT2D eigenvalue weighted by Gasteiger charge is -2.10. The largest absolute Gasteiger partial charge is 0.394 e. The summed E-state index contributed by atoms with van der Waals surface area (Å²) in [5.41, 5.74) is 6.36. The third-order valence-corrected chi connectivity index (χ3v) is 2.38. The Morgan fingerprint density at radius 1 is 1.58 bits per heavy atom. The van der Waals surface area contributed by atoms with E-state index in [4.69, 9.17) is 22.4 Å². The predicted octanol–water partition coefficient (Wildman–Crippen LogP) is 2.09. The van der Waals surface area contributed by atoms with Crippen LogP contribution in [0.2, 0.25) is 5.02 Å². The minimum Gasteiger partial charge on any atom is -0.394 e. The molecule has 2 nitrogen and oxygen atoms in total. The molecule has 0 aliphatic rings. The Kier molecular flexibility index (Phi) is 3.53. The molecule has 0 saturated heterocycles. The van der Waals surface area contributed by atoms with Gasteiger partial charge in [-0.25, -0.2) is 0 Å². The van der Waals surface area contributed by atoms with Crippen molar-refractivity contribution in [2.24, 2.45) is 5.73 Å². The zero-order valence-electron chi connectivity index (χ0n) is 6.30. The van der Waals surface area contributed by atoms with Gasteiger partial charge in [-0.05, 0) is 17.7 Å². The standard InChI is InChI=1S/C8H9BrClNO/c9-5-1-2-6(7(10)3-5)8(11)4-12/h1-3,8,12H,4,11H2/t8-/m1/s1. The number of rotatable bonds is 2. The summed E-state index contributed by atoms with van der Waals surface area (Å²) in [7, 11) is 0. The van der Waals surface area contributed by atoms with Crippen molar-refractivity contribution in [3.8, 4) is 0 Å². The van der Waals surface area contributed by atoms with Crippen molar-refractivity contribution in [2.45, 2.75) is 6.04 Å². The lowest BCUT2D eigenvalue weighted by Crippen LogP contribution is -2.14. The quantitative estimate of drug-likeness (QED) is 0.844. The van der Waals surface area contributed by atoms with Gasteiger partial charge in [0, 0.05) is 9.50 Å². The molecule has 0 spiro atoms. The molecule has 0 radical (unpaired) electrons. The fourth-order valence-corrected chi connectivity index (χ4v) is 1.71. The summed E-state index contributed by atoms with van der Waals surface area (Å²) >= 11 is 9.16. The first-order valence-corrected chi connectivity index (χ1v) is 4.63. The van der Waals surface area contributed by atoms with Gasteiger partial charge in [0.15, 0.2) is 0 Å². The fraction of sp³-hybridized carbons (Fsp3) is 0.250. The smallest absolute Gasteiger partial charge is 0.0624 e. The SMILES string of the molecule is N[C@H](CO)c1ccc(Br)cc1Cl. The maximum atomic E-state index is 8.79. The monoisotopic (exact) mass is 249 g/mol. The summed E-state index contributed by atoms with van der Waals surface area (Å²) in [5.74, 6) is 0. The second kappa shape index (κ2) is 4.23. The topological polar surface area (TPSA) is 46.2 Å². The molecule has 1 rings (SSSR count). The highest BCUT2D eigenvalue weighted by molar-refractivity contribution is 9.10. The van der Waals surface area contributed by atoms with E-state index < -0.39 is 6.04 Å². The van der Waals surface area contributed by atoms with Crippen LogP contribution in [0, 0.1) is 0 Å². The van der Waals surface area contributed by atoms with E-state index in [0.717, 1.165) is 10.0 Å². The van der Waals surface area contributed by atoms with Crippen molar-refractivity contribution in [3.05, 3.63) is 33.3 Å². The third-order valence-electron chi connectivity index (χ3n) is 1.56. The van der Waals surface area contributed by atoms with Gasteiger partial charge in [0.05, 0.1) is 12.6 Å². The maximum absolute atomic E-state index is 8.79. The van der Waals surface area contributed by atoms with Gasteiger partial charge in [0.1, 0.15) is 0 Å². The van der Waals surface area contributed by atoms with Gasteiger partial charge in [-0.2, -0.15) is 0 Å². The Balaban J connectivity index is 3.01. The lowest BCUT2D eigenvalue weighted by molar-refractivity contribution is 0.268. The Morgan fingerprint density at radius 2 is 2.25 bits per heavy atom. The number of hydrogen-bond donors (Lipinski definition) is 2. The number of hydrogen-bond acceptors (Lipinski definition) is 2. The van der Waals surface area contributed by atoms with E-state index >= 15 is 0 Å². The van der Waals surface area contributed by atoms with Gasteiger partial charge in [-0.1, -0.05) is 33.6 Å². The second-order valence-corrected chi connectivity index (χ2v) is 3.78. The van der Waals surface area contributed by atoms with E-state index in [2.05, 4.69) is 15.9 Å². The molecule has 66 valence electrons. The van der Waals surface area contributed by atoms with E-state index in [-0.39, 0.29) is 6.61 Å². The molecular weight excluding hydrogens is 241 g/mol. The first-order valence-electron chi connectivity index (χ1n) is 3.46. The summed E-state index contributed by atoms with van der Waals surface area (Å²) in [6.45, 7) is -0.0959. The van der Waals surface area contributed by atoms with E-state index in [0.29, 0.717) is 5.02 Å². The average Bonchev–Trinajstić information content (AvgIpc) is 2.03. The predicted molar refractivity (Wildman–Crippen MR) is 53.2 cm³/mol. The summed E-state index contributed by atoms with van der Waals surface area (Å²) < 4.78 is 0.904. The van der Waals surface area contributed by atoms with Crippen LogP contribution in [0.4, 0.5) is 0 Å². The van der Waals surface area contributed by atoms with Crippen molar-refractivity contribution < 1.29 is 5.11 Å². The molecule has 1 atom stereocenters. The second-order valence-electron chi connectivity index (χ2n) is 2.45. The molecule has 0 amide bonds. The van der Waals surface area contributed by atoms with Crippen LogP contribution in [-0.4, -0.2) is 11.7 Å². The molecule has 1 aromatic carbocycles. The number of halogens is 2. The van der Waals surface area contributed by atoms with Crippen molar-refractivity contribution in [1.82, 2.24) is 0 Å². The molecule has 0 unspecified atom stereocenters. The highest BCUT2D eigenvalue weighted by Gasteiger charge is 2.08. The van der Waals surface area contributed by atoms with Crippen LogP contribution in [-0.2, 0) is 0 Å².